The molecule has 0 aromatic rings. The summed E-state index contributed by atoms with van der Waals surface area (Å²) in [7, 11) is 0. The van der Waals surface area contributed by atoms with Crippen molar-refractivity contribution in [2.45, 2.75) is 20.3 Å². The minimum absolute atomic E-state index is 0.0819. The molecule has 0 fully saturated rings. The fraction of sp³-hybridized carbons (Fsp3) is 0.545. The van der Waals surface area contributed by atoms with Crippen molar-refractivity contribution in [1.29, 1.82) is 0 Å². The van der Waals surface area contributed by atoms with Crippen molar-refractivity contribution in [3.05, 3.63) is 21.7 Å². The molecule has 2 atom stereocenters. The van der Waals surface area contributed by atoms with Gasteiger partial charge in [-0.1, -0.05) is 35.7 Å². The minimum atomic E-state index is -0.217. The number of hydrogen-bond donors (Lipinski definition) is 1. The van der Waals surface area contributed by atoms with Crippen LogP contribution in [-0.2, 0) is 4.79 Å². The third kappa shape index (κ3) is 2.83. The van der Waals surface area contributed by atoms with Gasteiger partial charge in [-0.3, -0.25) is 4.79 Å². The first-order valence-corrected chi connectivity index (χ1v) is 5.69. The van der Waals surface area contributed by atoms with Gasteiger partial charge in [0.2, 0.25) is 0 Å². The second kappa shape index (κ2) is 5.15. The Balaban J connectivity index is 2.98. The van der Waals surface area contributed by atoms with Crippen LogP contribution in [0, 0.1) is 11.8 Å². The molecule has 0 saturated heterocycles. The Morgan fingerprint density at radius 2 is 2.27 bits per heavy atom. The van der Waals surface area contributed by atoms with Gasteiger partial charge in [-0.25, -0.2) is 0 Å². The molecule has 84 valence electrons. The third-order valence-corrected chi connectivity index (χ3v) is 3.67. The number of hydrogen-bond acceptors (Lipinski definition) is 2. The fourth-order valence-electron chi connectivity index (χ4n) is 1.79. The summed E-state index contributed by atoms with van der Waals surface area (Å²) < 4.78 is 0. The molecule has 1 aliphatic rings. The van der Waals surface area contributed by atoms with Gasteiger partial charge in [0.15, 0.2) is 0 Å². The summed E-state index contributed by atoms with van der Waals surface area (Å²) in [6, 6.07) is 0. The summed E-state index contributed by atoms with van der Waals surface area (Å²) in [4.78, 5) is 11.4. The predicted molar refractivity (Wildman–Crippen MR) is 63.8 cm³/mol. The van der Waals surface area contributed by atoms with E-state index in [-0.39, 0.29) is 17.6 Å². The number of allylic oxidation sites excluding steroid dienone is 3. The van der Waals surface area contributed by atoms with Crippen molar-refractivity contribution in [2.75, 3.05) is 6.54 Å². The molecule has 0 radical (unpaired) electrons. The molecule has 15 heavy (non-hydrogen) atoms. The first-order chi connectivity index (χ1) is 6.97. The Hall–Kier alpha value is -0.310. The molecule has 1 aliphatic carbocycles. The number of nitrogens with two attached hydrogens (primary N) is 1. The van der Waals surface area contributed by atoms with E-state index in [4.69, 9.17) is 28.9 Å². The Morgan fingerprint density at radius 3 is 2.67 bits per heavy atom. The Bertz CT molecular complexity index is 333. The Morgan fingerprint density at radius 1 is 1.67 bits per heavy atom. The van der Waals surface area contributed by atoms with E-state index in [9.17, 15) is 4.79 Å². The van der Waals surface area contributed by atoms with Gasteiger partial charge in [-0.05, 0) is 25.3 Å². The molecule has 0 spiro atoms. The topological polar surface area (TPSA) is 43.1 Å². The maximum absolute atomic E-state index is 11.4. The van der Waals surface area contributed by atoms with Crippen LogP contribution in [0.25, 0.3) is 0 Å². The quantitative estimate of drug-likeness (QED) is 0.834. The monoisotopic (exact) mass is 247 g/mol. The smallest absolute Gasteiger partial charge is 0.138 e. The summed E-state index contributed by atoms with van der Waals surface area (Å²) in [6.07, 6.45) is 2.54. The van der Waals surface area contributed by atoms with Gasteiger partial charge in [-0.15, -0.1) is 0 Å². The van der Waals surface area contributed by atoms with Gasteiger partial charge in [0.25, 0.3) is 0 Å². The van der Waals surface area contributed by atoms with Crippen molar-refractivity contribution in [3.63, 3.8) is 0 Å². The summed E-state index contributed by atoms with van der Waals surface area (Å²) in [5.41, 5.74) is 6.57. The van der Waals surface area contributed by atoms with Crippen molar-refractivity contribution in [3.8, 4) is 0 Å². The van der Waals surface area contributed by atoms with Gasteiger partial charge in [-0.2, -0.15) is 0 Å². The predicted octanol–water partition coefficient (Wildman–Crippen LogP) is 2.81. The van der Waals surface area contributed by atoms with Gasteiger partial charge >= 0.3 is 0 Å². The van der Waals surface area contributed by atoms with Crippen LogP contribution >= 0.6 is 23.2 Å². The minimum Gasteiger partial charge on any atom is -0.329 e. The van der Waals surface area contributed by atoms with Gasteiger partial charge in [0.05, 0.1) is 11.0 Å². The molecule has 1 rings (SSSR count). The van der Waals surface area contributed by atoms with E-state index in [0.29, 0.717) is 16.6 Å². The molecule has 2 nitrogen and oxygen atoms in total. The van der Waals surface area contributed by atoms with Crippen LogP contribution < -0.4 is 5.73 Å². The molecule has 0 saturated carbocycles. The number of halogens is 2. The number of Topliss-reactive ketones (excluding diaryl/α,β-unsaturated/α-hetero) is 1. The summed E-state index contributed by atoms with van der Waals surface area (Å²) in [6.45, 7) is 3.87. The molecular weight excluding hydrogens is 233 g/mol. The van der Waals surface area contributed by atoms with Gasteiger partial charge in [0, 0.05) is 11.6 Å². The van der Waals surface area contributed by atoms with Crippen LogP contribution in [0.2, 0.25) is 0 Å². The first kappa shape index (κ1) is 12.8. The van der Waals surface area contributed by atoms with Crippen LogP contribution in [0.4, 0.5) is 0 Å². The SMILES string of the molecule is CC(=O)[C@H](CN)C1=CC(Cl)=C(Cl)C(C)C1. The zero-order chi connectivity index (χ0) is 11.6. The highest BCUT2D eigenvalue weighted by atomic mass is 35.5. The zero-order valence-electron chi connectivity index (χ0n) is 8.89. The molecule has 0 bridgehead atoms. The van der Waals surface area contributed by atoms with Crippen LogP contribution in [0.15, 0.2) is 21.7 Å². The molecule has 0 aromatic carbocycles. The van der Waals surface area contributed by atoms with E-state index in [2.05, 4.69) is 0 Å². The molecule has 0 aromatic heterocycles. The summed E-state index contributed by atoms with van der Waals surface area (Å²) in [5.74, 6) is 0.0389. The molecule has 1 unspecified atom stereocenters. The third-order valence-electron chi connectivity index (χ3n) is 2.69. The van der Waals surface area contributed by atoms with Crippen LogP contribution in [0.3, 0.4) is 0 Å². The van der Waals surface area contributed by atoms with Crippen LogP contribution in [0.1, 0.15) is 20.3 Å². The van der Waals surface area contributed by atoms with Crippen molar-refractivity contribution >= 4 is 29.0 Å². The van der Waals surface area contributed by atoms with E-state index in [0.717, 1.165) is 12.0 Å². The molecule has 2 N–H and O–H groups in total. The maximum Gasteiger partial charge on any atom is 0.138 e. The number of carbonyl (C=O) groups excluding carboxylic acids is 1. The lowest BCUT2D eigenvalue weighted by Gasteiger charge is -2.24. The fourth-order valence-corrected chi connectivity index (χ4v) is 2.25. The zero-order valence-corrected chi connectivity index (χ0v) is 10.4. The number of carbonyl (C=O) groups is 1. The number of rotatable bonds is 3. The van der Waals surface area contributed by atoms with E-state index >= 15 is 0 Å². The average molecular weight is 248 g/mol. The van der Waals surface area contributed by atoms with Crippen LogP contribution in [-0.4, -0.2) is 12.3 Å². The highest BCUT2D eigenvalue weighted by Crippen LogP contribution is 2.36. The normalized spacial score (nSPS) is 23.8. The lowest BCUT2D eigenvalue weighted by Crippen LogP contribution is -2.25. The van der Waals surface area contributed by atoms with Crippen LogP contribution in [0.5, 0.6) is 0 Å². The Kier molecular flexibility index (Phi) is 4.38. The second-order valence-corrected chi connectivity index (χ2v) is 4.73. The highest BCUT2D eigenvalue weighted by molar-refractivity contribution is 6.40. The Labute approximate surface area is 100 Å². The standard InChI is InChI=1S/C11H15Cl2NO/c1-6-3-8(4-10(12)11(6)13)9(5-14)7(2)15/h4,6,9H,3,5,14H2,1-2H3/t6?,9-/m0/s1. The number of ketones is 1. The molecule has 0 heterocycles. The van der Waals surface area contributed by atoms with Crippen molar-refractivity contribution < 1.29 is 4.79 Å². The first-order valence-electron chi connectivity index (χ1n) is 4.93. The lowest BCUT2D eigenvalue weighted by molar-refractivity contribution is -0.119. The average Bonchev–Trinajstić information content (AvgIpc) is 2.14. The summed E-state index contributed by atoms with van der Waals surface area (Å²) in [5, 5.41) is 1.20. The second-order valence-electron chi connectivity index (χ2n) is 3.92. The van der Waals surface area contributed by atoms with E-state index in [1.165, 1.54) is 0 Å². The van der Waals surface area contributed by atoms with E-state index < -0.39 is 0 Å². The van der Waals surface area contributed by atoms with E-state index in [1.54, 1.807) is 13.0 Å². The largest absolute Gasteiger partial charge is 0.329 e. The van der Waals surface area contributed by atoms with Crippen molar-refractivity contribution in [2.24, 2.45) is 17.6 Å². The van der Waals surface area contributed by atoms with Gasteiger partial charge in [0.1, 0.15) is 5.78 Å². The lowest BCUT2D eigenvalue weighted by atomic mass is 9.85. The molecular formula is C11H15Cl2NO. The van der Waals surface area contributed by atoms with E-state index in [1.807, 2.05) is 6.92 Å². The molecule has 4 heteroatoms. The molecule has 0 aliphatic heterocycles. The van der Waals surface area contributed by atoms with Gasteiger partial charge < -0.3 is 5.73 Å². The highest BCUT2D eigenvalue weighted by Gasteiger charge is 2.25. The molecule has 0 amide bonds. The summed E-state index contributed by atoms with van der Waals surface area (Å²) >= 11 is 12.0. The van der Waals surface area contributed by atoms with Crippen molar-refractivity contribution in [1.82, 2.24) is 0 Å². The maximum atomic E-state index is 11.4.